The molecule has 1 aromatic carbocycles. The molecule has 4 heterocycles. The molecule has 1 unspecified atom stereocenters. The number of pyridine rings is 1. The van der Waals surface area contributed by atoms with Crippen LogP contribution in [0, 0.1) is 6.92 Å². The second-order valence-electron chi connectivity index (χ2n) is 6.80. The molecule has 0 bridgehead atoms. The number of rotatable bonds is 1. The maximum absolute atomic E-state index is 12.6. The van der Waals surface area contributed by atoms with Crippen molar-refractivity contribution < 1.29 is 4.79 Å². The zero-order valence-electron chi connectivity index (χ0n) is 13.8. The summed E-state index contributed by atoms with van der Waals surface area (Å²) in [6, 6.07) is 6.07. The van der Waals surface area contributed by atoms with Crippen LogP contribution in [0.15, 0.2) is 30.6 Å². The fourth-order valence-electron chi connectivity index (χ4n) is 3.82. The first-order chi connectivity index (χ1) is 12.2. The highest BCUT2D eigenvalue weighted by Crippen LogP contribution is 2.37. The molecule has 0 saturated carbocycles. The molecule has 7 nitrogen and oxygen atoms in total. The van der Waals surface area contributed by atoms with Gasteiger partial charge >= 0.3 is 0 Å². The summed E-state index contributed by atoms with van der Waals surface area (Å²) in [4.78, 5) is 17.2. The van der Waals surface area contributed by atoms with Crippen LogP contribution in [0.25, 0.3) is 22.0 Å². The maximum atomic E-state index is 12.6. The molecule has 5 rings (SSSR count). The summed E-state index contributed by atoms with van der Waals surface area (Å²) in [5, 5.41) is 17.8. The van der Waals surface area contributed by atoms with E-state index in [-0.39, 0.29) is 5.91 Å². The van der Waals surface area contributed by atoms with E-state index in [0.29, 0.717) is 6.54 Å². The standard InChI is InChI=1S/C18H18N6O/c1-10-2-3-13-12(8-21-24-13)15(10)11-6-14-16(20-7-11)23-18(17(25)22-14)4-5-19-9-18/h2-3,6-8,19H,4-5,9H2,1H3,(H,20,23)(H,21,24)(H,22,25). The van der Waals surface area contributed by atoms with Crippen molar-refractivity contribution in [2.45, 2.75) is 18.9 Å². The van der Waals surface area contributed by atoms with Crippen molar-refractivity contribution in [1.82, 2.24) is 20.5 Å². The van der Waals surface area contributed by atoms with Crippen LogP contribution in [0.1, 0.15) is 12.0 Å². The minimum atomic E-state index is -0.581. The number of H-pyrrole nitrogens is 1. The third-order valence-corrected chi connectivity index (χ3v) is 5.20. The van der Waals surface area contributed by atoms with E-state index in [2.05, 4.69) is 44.1 Å². The number of aromatic amines is 1. The summed E-state index contributed by atoms with van der Waals surface area (Å²) >= 11 is 0. The molecule has 0 radical (unpaired) electrons. The third-order valence-electron chi connectivity index (χ3n) is 5.20. The van der Waals surface area contributed by atoms with Crippen LogP contribution in [0.3, 0.4) is 0 Å². The summed E-state index contributed by atoms with van der Waals surface area (Å²) in [5.41, 5.74) is 4.31. The monoisotopic (exact) mass is 334 g/mol. The average molecular weight is 334 g/mol. The van der Waals surface area contributed by atoms with Crippen molar-refractivity contribution in [3.8, 4) is 11.1 Å². The van der Waals surface area contributed by atoms with Gasteiger partial charge in [-0.2, -0.15) is 5.10 Å². The van der Waals surface area contributed by atoms with E-state index < -0.39 is 5.54 Å². The maximum Gasteiger partial charge on any atom is 0.251 e. The summed E-state index contributed by atoms with van der Waals surface area (Å²) in [6.45, 7) is 3.52. The lowest BCUT2D eigenvalue weighted by molar-refractivity contribution is -0.120. The molecule has 1 spiro atoms. The van der Waals surface area contributed by atoms with Crippen molar-refractivity contribution in [3.05, 3.63) is 36.2 Å². The highest BCUT2D eigenvalue weighted by Gasteiger charge is 2.44. The third kappa shape index (κ3) is 2.05. The smallest absolute Gasteiger partial charge is 0.251 e. The molecule has 4 N–H and O–H groups in total. The Morgan fingerprint density at radius 1 is 1.24 bits per heavy atom. The number of aromatic nitrogens is 3. The second-order valence-corrected chi connectivity index (χ2v) is 6.80. The number of nitrogens with zero attached hydrogens (tertiary/aromatic N) is 2. The topological polar surface area (TPSA) is 94.7 Å². The number of fused-ring (bicyclic) bond motifs is 2. The molecule has 1 saturated heterocycles. The van der Waals surface area contributed by atoms with Gasteiger partial charge in [0.15, 0.2) is 5.82 Å². The molecule has 0 aliphatic carbocycles. The van der Waals surface area contributed by atoms with Gasteiger partial charge in [-0.05, 0) is 43.1 Å². The lowest BCUT2D eigenvalue weighted by Crippen LogP contribution is -2.54. The number of amides is 1. The van der Waals surface area contributed by atoms with Crippen molar-refractivity contribution in [3.63, 3.8) is 0 Å². The Morgan fingerprint density at radius 2 is 2.16 bits per heavy atom. The van der Waals surface area contributed by atoms with Crippen LogP contribution < -0.4 is 16.0 Å². The fraction of sp³-hybridized carbons (Fsp3) is 0.278. The number of nitrogens with one attached hydrogen (secondary N) is 4. The van der Waals surface area contributed by atoms with Crippen molar-refractivity contribution >= 4 is 28.3 Å². The molecule has 3 aromatic rings. The van der Waals surface area contributed by atoms with Crippen molar-refractivity contribution in [1.29, 1.82) is 0 Å². The van der Waals surface area contributed by atoms with E-state index in [4.69, 9.17) is 0 Å². The van der Waals surface area contributed by atoms with Crippen LogP contribution in [0.4, 0.5) is 11.5 Å². The van der Waals surface area contributed by atoms with Crippen LogP contribution >= 0.6 is 0 Å². The molecule has 25 heavy (non-hydrogen) atoms. The summed E-state index contributed by atoms with van der Waals surface area (Å²) in [5.74, 6) is 0.728. The van der Waals surface area contributed by atoms with Crippen molar-refractivity contribution in [2.24, 2.45) is 0 Å². The molecular weight excluding hydrogens is 316 g/mol. The van der Waals surface area contributed by atoms with Crippen LogP contribution in [0.2, 0.25) is 0 Å². The SMILES string of the molecule is Cc1ccc2[nH]ncc2c1-c1cnc2c(c1)NC(=O)C1(CCNC1)N2. The number of hydrogen-bond donors (Lipinski definition) is 4. The first-order valence-corrected chi connectivity index (χ1v) is 8.40. The number of carbonyl (C=O) groups is 1. The fourth-order valence-corrected chi connectivity index (χ4v) is 3.82. The molecule has 2 aromatic heterocycles. The molecule has 126 valence electrons. The molecule has 7 heteroatoms. The van der Waals surface area contributed by atoms with Crippen molar-refractivity contribution in [2.75, 3.05) is 23.7 Å². The Balaban J connectivity index is 1.62. The molecule has 2 aliphatic heterocycles. The van der Waals surface area contributed by atoms with Gasteiger partial charge in [0.05, 0.1) is 17.4 Å². The highest BCUT2D eigenvalue weighted by molar-refractivity contribution is 6.07. The van der Waals surface area contributed by atoms with E-state index >= 15 is 0 Å². The number of hydrogen-bond acceptors (Lipinski definition) is 5. The lowest BCUT2D eigenvalue weighted by Gasteiger charge is -2.34. The van der Waals surface area contributed by atoms with Crippen LogP contribution in [0.5, 0.6) is 0 Å². The first-order valence-electron chi connectivity index (χ1n) is 8.40. The lowest BCUT2D eigenvalue weighted by atomic mass is 9.93. The van der Waals surface area contributed by atoms with Crippen LogP contribution in [-0.2, 0) is 4.79 Å². The number of anilines is 2. The van der Waals surface area contributed by atoms with Gasteiger partial charge in [-0.3, -0.25) is 9.89 Å². The molecule has 1 fully saturated rings. The van der Waals surface area contributed by atoms with Gasteiger partial charge in [-0.15, -0.1) is 0 Å². The summed E-state index contributed by atoms with van der Waals surface area (Å²) in [7, 11) is 0. The Kier molecular flexibility index (Phi) is 2.90. The van der Waals surface area contributed by atoms with E-state index in [1.165, 1.54) is 0 Å². The normalized spacial score (nSPS) is 22.0. The minimum Gasteiger partial charge on any atom is -0.353 e. The van der Waals surface area contributed by atoms with Gasteiger partial charge in [0.25, 0.3) is 5.91 Å². The van der Waals surface area contributed by atoms with E-state index in [9.17, 15) is 4.79 Å². The van der Waals surface area contributed by atoms with Gasteiger partial charge in [0.1, 0.15) is 5.54 Å². The Morgan fingerprint density at radius 3 is 3.00 bits per heavy atom. The van der Waals surface area contributed by atoms with E-state index in [1.807, 2.05) is 24.5 Å². The summed E-state index contributed by atoms with van der Waals surface area (Å²) < 4.78 is 0. The number of carbonyl (C=O) groups excluding carboxylic acids is 1. The van der Waals surface area contributed by atoms with Gasteiger partial charge in [-0.25, -0.2) is 4.98 Å². The highest BCUT2D eigenvalue weighted by atomic mass is 16.2. The van der Waals surface area contributed by atoms with E-state index in [0.717, 1.165) is 52.1 Å². The van der Waals surface area contributed by atoms with Gasteiger partial charge in [-0.1, -0.05) is 6.07 Å². The Hall–Kier alpha value is -2.93. The van der Waals surface area contributed by atoms with Crippen LogP contribution in [-0.4, -0.2) is 39.7 Å². The first kappa shape index (κ1) is 14.4. The van der Waals surface area contributed by atoms with Gasteiger partial charge in [0, 0.05) is 23.7 Å². The Labute approximate surface area is 144 Å². The Bertz CT molecular complexity index is 1000. The zero-order chi connectivity index (χ0) is 17.0. The molecule has 2 aliphatic rings. The summed E-state index contributed by atoms with van der Waals surface area (Å²) in [6.07, 6.45) is 4.44. The zero-order valence-corrected chi connectivity index (χ0v) is 13.8. The minimum absolute atomic E-state index is 0.00203. The second kappa shape index (κ2) is 5.03. The quantitative estimate of drug-likeness (QED) is 0.546. The molecule has 1 atom stereocenters. The van der Waals surface area contributed by atoms with Gasteiger partial charge < -0.3 is 16.0 Å². The predicted molar refractivity (Wildman–Crippen MR) is 96.5 cm³/mol. The average Bonchev–Trinajstić information content (AvgIpc) is 3.26. The van der Waals surface area contributed by atoms with E-state index in [1.54, 1.807) is 0 Å². The van der Waals surface area contributed by atoms with Gasteiger partial charge in [0.2, 0.25) is 0 Å². The molecule has 1 amide bonds. The predicted octanol–water partition coefficient (Wildman–Crippen LogP) is 2.03. The molecular formula is C18H18N6O. The number of aryl methyl sites for hydroxylation is 1. The largest absolute Gasteiger partial charge is 0.353 e. The number of benzene rings is 1.